The molecular weight excluding hydrogens is 251 g/mol. The Kier molecular flexibility index (Phi) is 4.11. The van der Waals surface area contributed by atoms with E-state index >= 15 is 0 Å². The Balaban J connectivity index is 2.04. The maximum absolute atomic E-state index is 12.9. The van der Waals surface area contributed by atoms with E-state index in [4.69, 9.17) is 4.74 Å². The molecule has 1 aliphatic rings. The number of amides is 2. The number of ether oxygens (including phenoxy) is 1. The summed E-state index contributed by atoms with van der Waals surface area (Å²) in [5, 5.41) is 2.65. The second-order valence-electron chi connectivity index (χ2n) is 4.35. The first-order chi connectivity index (χ1) is 9.06. The fourth-order valence-electron chi connectivity index (χ4n) is 1.88. The number of carbonyl (C=O) groups is 2. The molecule has 6 heteroatoms. The number of carbonyl (C=O) groups excluding carboxylic acids is 2. The molecule has 0 radical (unpaired) electrons. The summed E-state index contributed by atoms with van der Waals surface area (Å²) in [5.74, 6) is -0.668. The van der Waals surface area contributed by atoms with E-state index in [9.17, 15) is 14.0 Å². The number of hydrogen-bond donors (Lipinski definition) is 1. The van der Waals surface area contributed by atoms with Crippen molar-refractivity contribution in [1.82, 2.24) is 5.32 Å². The standard InChI is InChI=1S/C13H15FN2O3/c1-9(17)15-6-12-7-16(13(18)8-19-12)11-4-2-10(14)3-5-11/h2-5,12H,6-8H2,1H3,(H,15,17). The van der Waals surface area contributed by atoms with E-state index in [1.165, 1.54) is 24.0 Å². The molecule has 1 N–H and O–H groups in total. The maximum Gasteiger partial charge on any atom is 0.253 e. The molecule has 2 amide bonds. The van der Waals surface area contributed by atoms with Crippen LogP contribution in [0, 0.1) is 5.82 Å². The minimum atomic E-state index is -0.348. The summed E-state index contributed by atoms with van der Waals surface area (Å²) < 4.78 is 18.2. The van der Waals surface area contributed by atoms with Crippen molar-refractivity contribution in [3.63, 3.8) is 0 Å². The molecule has 0 spiro atoms. The summed E-state index contributed by atoms with van der Waals surface area (Å²) in [7, 11) is 0. The predicted octanol–water partition coefficient (Wildman–Crippen LogP) is 0.694. The normalized spacial score (nSPS) is 19.4. The van der Waals surface area contributed by atoms with Crippen LogP contribution in [0.3, 0.4) is 0 Å². The van der Waals surface area contributed by atoms with Crippen LogP contribution in [0.15, 0.2) is 24.3 Å². The van der Waals surface area contributed by atoms with E-state index in [0.29, 0.717) is 18.8 Å². The zero-order chi connectivity index (χ0) is 13.8. The molecular formula is C13H15FN2O3. The number of hydrogen-bond acceptors (Lipinski definition) is 3. The highest BCUT2D eigenvalue weighted by molar-refractivity contribution is 5.94. The average Bonchev–Trinajstić information content (AvgIpc) is 2.39. The summed E-state index contributed by atoms with van der Waals surface area (Å²) in [5.41, 5.74) is 0.627. The second kappa shape index (κ2) is 5.79. The van der Waals surface area contributed by atoms with Crippen molar-refractivity contribution in [2.75, 3.05) is 24.6 Å². The van der Waals surface area contributed by atoms with Crippen molar-refractivity contribution in [1.29, 1.82) is 0 Å². The Bertz CT molecular complexity index is 475. The van der Waals surface area contributed by atoms with Crippen molar-refractivity contribution >= 4 is 17.5 Å². The molecule has 0 aliphatic carbocycles. The third-order valence-corrected chi connectivity index (χ3v) is 2.85. The fraction of sp³-hybridized carbons (Fsp3) is 0.385. The van der Waals surface area contributed by atoms with Gasteiger partial charge < -0.3 is 15.0 Å². The molecule has 1 atom stereocenters. The molecule has 1 heterocycles. The highest BCUT2D eigenvalue weighted by atomic mass is 19.1. The lowest BCUT2D eigenvalue weighted by Gasteiger charge is -2.32. The Morgan fingerprint density at radius 2 is 2.16 bits per heavy atom. The Hall–Kier alpha value is -1.95. The number of nitrogens with zero attached hydrogens (tertiary/aromatic N) is 1. The Morgan fingerprint density at radius 3 is 2.79 bits per heavy atom. The van der Waals surface area contributed by atoms with E-state index in [1.54, 1.807) is 12.1 Å². The van der Waals surface area contributed by atoms with Gasteiger partial charge in [0.2, 0.25) is 5.91 Å². The zero-order valence-electron chi connectivity index (χ0n) is 10.6. The SMILES string of the molecule is CC(=O)NCC1CN(c2ccc(F)cc2)C(=O)CO1. The molecule has 0 saturated carbocycles. The van der Waals surface area contributed by atoms with Gasteiger partial charge in [0.25, 0.3) is 5.91 Å². The van der Waals surface area contributed by atoms with Gasteiger partial charge in [0, 0.05) is 19.2 Å². The van der Waals surface area contributed by atoms with Crippen LogP contribution in [0.1, 0.15) is 6.92 Å². The minimum absolute atomic E-state index is 0.0401. The van der Waals surface area contributed by atoms with E-state index in [0.717, 1.165) is 0 Å². The van der Waals surface area contributed by atoms with Crippen LogP contribution in [0.4, 0.5) is 10.1 Å². The second-order valence-corrected chi connectivity index (χ2v) is 4.35. The average molecular weight is 266 g/mol. The van der Waals surface area contributed by atoms with Gasteiger partial charge in [-0.05, 0) is 24.3 Å². The van der Waals surface area contributed by atoms with Gasteiger partial charge in [-0.25, -0.2) is 4.39 Å². The first kappa shape index (κ1) is 13.5. The van der Waals surface area contributed by atoms with Crippen LogP contribution < -0.4 is 10.2 Å². The predicted molar refractivity (Wildman–Crippen MR) is 67.2 cm³/mol. The molecule has 1 aromatic rings. The fourth-order valence-corrected chi connectivity index (χ4v) is 1.88. The third-order valence-electron chi connectivity index (χ3n) is 2.85. The first-order valence-electron chi connectivity index (χ1n) is 5.98. The molecule has 1 aromatic carbocycles. The van der Waals surface area contributed by atoms with Crippen LogP contribution >= 0.6 is 0 Å². The molecule has 1 saturated heterocycles. The summed E-state index contributed by atoms with van der Waals surface area (Å²) in [6.07, 6.45) is -0.258. The van der Waals surface area contributed by atoms with Crippen LogP contribution in [0.25, 0.3) is 0 Å². The molecule has 5 nitrogen and oxygen atoms in total. The number of nitrogens with one attached hydrogen (secondary N) is 1. The molecule has 2 rings (SSSR count). The van der Waals surface area contributed by atoms with Crippen LogP contribution in [-0.2, 0) is 14.3 Å². The monoisotopic (exact) mass is 266 g/mol. The molecule has 102 valence electrons. The van der Waals surface area contributed by atoms with Crippen molar-refractivity contribution < 1.29 is 18.7 Å². The van der Waals surface area contributed by atoms with Gasteiger partial charge in [-0.2, -0.15) is 0 Å². The highest BCUT2D eigenvalue weighted by Gasteiger charge is 2.27. The van der Waals surface area contributed by atoms with Crippen LogP contribution in [0.5, 0.6) is 0 Å². The number of benzene rings is 1. The van der Waals surface area contributed by atoms with Gasteiger partial charge in [0.15, 0.2) is 0 Å². The van der Waals surface area contributed by atoms with E-state index in [-0.39, 0.29) is 30.3 Å². The summed E-state index contributed by atoms with van der Waals surface area (Å²) in [6, 6.07) is 5.71. The zero-order valence-corrected chi connectivity index (χ0v) is 10.6. The van der Waals surface area contributed by atoms with Crippen molar-refractivity contribution in [2.45, 2.75) is 13.0 Å². The van der Waals surface area contributed by atoms with Gasteiger partial charge in [-0.3, -0.25) is 9.59 Å². The third kappa shape index (κ3) is 3.51. The lowest BCUT2D eigenvalue weighted by molar-refractivity contribution is -0.129. The van der Waals surface area contributed by atoms with E-state index in [2.05, 4.69) is 5.32 Å². The summed E-state index contributed by atoms with van der Waals surface area (Å²) in [6.45, 7) is 2.07. The van der Waals surface area contributed by atoms with Crippen LogP contribution in [0.2, 0.25) is 0 Å². The molecule has 1 unspecified atom stereocenters. The number of rotatable bonds is 3. The minimum Gasteiger partial charge on any atom is -0.365 e. The first-order valence-corrected chi connectivity index (χ1v) is 5.98. The lowest BCUT2D eigenvalue weighted by Crippen LogP contribution is -2.50. The summed E-state index contributed by atoms with van der Waals surface area (Å²) in [4.78, 5) is 24.2. The van der Waals surface area contributed by atoms with Gasteiger partial charge in [-0.15, -0.1) is 0 Å². The highest BCUT2D eigenvalue weighted by Crippen LogP contribution is 2.18. The smallest absolute Gasteiger partial charge is 0.253 e. The van der Waals surface area contributed by atoms with Gasteiger partial charge in [-0.1, -0.05) is 0 Å². The topological polar surface area (TPSA) is 58.6 Å². The van der Waals surface area contributed by atoms with Gasteiger partial charge in [0.1, 0.15) is 12.4 Å². The van der Waals surface area contributed by atoms with Crippen LogP contribution in [-0.4, -0.2) is 37.6 Å². The lowest BCUT2D eigenvalue weighted by atomic mass is 10.2. The van der Waals surface area contributed by atoms with Gasteiger partial charge in [0.05, 0.1) is 12.6 Å². The molecule has 1 aliphatic heterocycles. The molecule has 0 aromatic heterocycles. The number of anilines is 1. The molecule has 19 heavy (non-hydrogen) atoms. The van der Waals surface area contributed by atoms with E-state index in [1.807, 2.05) is 0 Å². The maximum atomic E-state index is 12.9. The number of morpholine rings is 1. The van der Waals surface area contributed by atoms with Crippen molar-refractivity contribution in [2.24, 2.45) is 0 Å². The number of halogens is 1. The quantitative estimate of drug-likeness (QED) is 0.876. The van der Waals surface area contributed by atoms with Gasteiger partial charge >= 0.3 is 0 Å². The van der Waals surface area contributed by atoms with E-state index < -0.39 is 0 Å². The Morgan fingerprint density at radius 1 is 1.47 bits per heavy atom. The summed E-state index contributed by atoms with van der Waals surface area (Å²) >= 11 is 0. The van der Waals surface area contributed by atoms with Crippen molar-refractivity contribution in [3.8, 4) is 0 Å². The molecule has 1 fully saturated rings. The molecule has 0 bridgehead atoms. The van der Waals surface area contributed by atoms with Crippen molar-refractivity contribution in [3.05, 3.63) is 30.1 Å². The Labute approximate surface area is 110 Å². The largest absolute Gasteiger partial charge is 0.365 e.